The van der Waals surface area contributed by atoms with Crippen molar-refractivity contribution in [1.29, 1.82) is 0 Å². The van der Waals surface area contributed by atoms with Crippen molar-refractivity contribution in [2.75, 3.05) is 32.8 Å². The van der Waals surface area contributed by atoms with Crippen molar-refractivity contribution < 1.29 is 28.2 Å². The highest BCUT2D eigenvalue weighted by Crippen LogP contribution is 2.38. The highest BCUT2D eigenvalue weighted by Gasteiger charge is 2.31. The first-order valence-corrected chi connectivity index (χ1v) is 9.29. The van der Waals surface area contributed by atoms with Crippen LogP contribution >= 0.6 is 0 Å². The summed E-state index contributed by atoms with van der Waals surface area (Å²) in [4.78, 5) is 26.1. The Bertz CT molecular complexity index is 933. The van der Waals surface area contributed by atoms with Crippen LogP contribution in [0, 0.1) is 5.82 Å². The van der Waals surface area contributed by atoms with Gasteiger partial charge in [0.05, 0.1) is 27.4 Å². The van der Waals surface area contributed by atoms with Crippen LogP contribution in [0.25, 0.3) is 6.08 Å². The number of hydrogen-bond acceptors (Lipinski definition) is 5. The molecule has 2 aromatic carbocycles. The monoisotopic (exact) mass is 414 g/mol. The fourth-order valence-electron chi connectivity index (χ4n) is 3.29. The van der Waals surface area contributed by atoms with E-state index in [1.165, 1.54) is 44.4 Å². The summed E-state index contributed by atoms with van der Waals surface area (Å²) in [5.41, 5.74) is 1.29. The Kier molecular flexibility index (Phi) is 6.56. The van der Waals surface area contributed by atoms with Crippen molar-refractivity contribution in [3.8, 4) is 17.2 Å². The van der Waals surface area contributed by atoms with E-state index in [0.29, 0.717) is 35.0 Å². The van der Waals surface area contributed by atoms with E-state index in [0.717, 1.165) is 0 Å². The van der Waals surface area contributed by atoms with Crippen LogP contribution in [0.15, 0.2) is 42.5 Å². The average molecular weight is 414 g/mol. The van der Waals surface area contributed by atoms with E-state index in [9.17, 15) is 14.0 Å². The number of nitrogens with zero attached hydrogens (tertiary/aromatic N) is 1. The molecule has 1 atom stereocenters. The Morgan fingerprint density at radius 2 is 1.73 bits per heavy atom. The fraction of sp³-hybridized carbons (Fsp3) is 0.273. The van der Waals surface area contributed by atoms with Crippen LogP contribution in [-0.4, -0.2) is 45.7 Å². The molecule has 0 saturated carbocycles. The second-order valence-corrected chi connectivity index (χ2v) is 6.68. The van der Waals surface area contributed by atoms with Gasteiger partial charge >= 0.3 is 0 Å². The third kappa shape index (κ3) is 4.71. The van der Waals surface area contributed by atoms with Crippen LogP contribution in [0.4, 0.5) is 10.1 Å². The van der Waals surface area contributed by atoms with Gasteiger partial charge in [0.2, 0.25) is 17.6 Å². The molecule has 30 heavy (non-hydrogen) atoms. The predicted octanol–water partition coefficient (Wildman–Crippen LogP) is 2.79. The first-order chi connectivity index (χ1) is 14.4. The molecular weight excluding hydrogens is 391 g/mol. The molecule has 1 N–H and O–H groups in total. The molecule has 0 aromatic heterocycles. The van der Waals surface area contributed by atoms with Gasteiger partial charge in [-0.05, 0) is 48.0 Å². The number of halogens is 1. The SMILES string of the molecule is COc1cc(/C=C/C(=O)N[C@@H]2CC(=O)N(c3ccc(F)cc3)C2)cc(OC)c1OC. The molecule has 158 valence electrons. The van der Waals surface area contributed by atoms with Crippen molar-refractivity contribution in [1.82, 2.24) is 5.32 Å². The molecule has 1 heterocycles. The minimum Gasteiger partial charge on any atom is -0.493 e. The lowest BCUT2D eigenvalue weighted by Gasteiger charge is -2.17. The maximum absolute atomic E-state index is 13.1. The summed E-state index contributed by atoms with van der Waals surface area (Å²) in [6.45, 7) is 0.328. The van der Waals surface area contributed by atoms with Gasteiger partial charge < -0.3 is 24.4 Å². The Hall–Kier alpha value is -3.55. The summed E-state index contributed by atoms with van der Waals surface area (Å²) in [5.74, 6) is 0.601. The van der Waals surface area contributed by atoms with Crippen molar-refractivity contribution in [2.45, 2.75) is 12.5 Å². The van der Waals surface area contributed by atoms with Gasteiger partial charge in [0.1, 0.15) is 5.82 Å². The molecule has 1 aliphatic heterocycles. The van der Waals surface area contributed by atoms with Crippen LogP contribution in [0.5, 0.6) is 17.2 Å². The molecule has 0 unspecified atom stereocenters. The highest BCUT2D eigenvalue weighted by atomic mass is 19.1. The molecule has 0 radical (unpaired) electrons. The number of amides is 2. The zero-order valence-corrected chi connectivity index (χ0v) is 17.0. The summed E-state index contributed by atoms with van der Waals surface area (Å²) in [6.07, 6.45) is 3.18. The molecular formula is C22H23FN2O5. The number of benzene rings is 2. The highest BCUT2D eigenvalue weighted by molar-refractivity contribution is 5.98. The fourth-order valence-corrected chi connectivity index (χ4v) is 3.29. The normalized spacial score (nSPS) is 16.1. The summed E-state index contributed by atoms with van der Waals surface area (Å²) >= 11 is 0. The minimum atomic E-state index is -0.368. The number of carbonyl (C=O) groups is 2. The zero-order chi connectivity index (χ0) is 21.7. The number of ether oxygens (including phenoxy) is 3. The quantitative estimate of drug-likeness (QED) is 0.705. The van der Waals surface area contributed by atoms with Gasteiger partial charge in [-0.25, -0.2) is 4.39 Å². The zero-order valence-electron chi connectivity index (χ0n) is 17.0. The third-order valence-electron chi connectivity index (χ3n) is 4.72. The third-order valence-corrected chi connectivity index (χ3v) is 4.72. The van der Waals surface area contributed by atoms with Gasteiger partial charge in [-0.2, -0.15) is 0 Å². The lowest BCUT2D eigenvalue weighted by molar-refractivity contribution is -0.117. The van der Waals surface area contributed by atoms with E-state index in [2.05, 4.69) is 5.32 Å². The molecule has 2 amide bonds. The first kappa shape index (κ1) is 21.2. The van der Waals surface area contributed by atoms with E-state index in [1.54, 1.807) is 30.3 Å². The number of hydrogen-bond donors (Lipinski definition) is 1. The van der Waals surface area contributed by atoms with E-state index < -0.39 is 0 Å². The molecule has 7 nitrogen and oxygen atoms in total. The van der Waals surface area contributed by atoms with Gasteiger partial charge in [0.15, 0.2) is 11.5 Å². The van der Waals surface area contributed by atoms with Gasteiger partial charge in [0.25, 0.3) is 0 Å². The predicted molar refractivity (Wildman–Crippen MR) is 110 cm³/mol. The second kappa shape index (κ2) is 9.30. The number of methoxy groups -OCH3 is 3. The van der Waals surface area contributed by atoms with Crippen LogP contribution in [0.1, 0.15) is 12.0 Å². The minimum absolute atomic E-state index is 0.125. The molecule has 8 heteroatoms. The largest absolute Gasteiger partial charge is 0.493 e. The molecule has 1 fully saturated rings. The molecule has 1 aliphatic rings. The molecule has 0 aliphatic carbocycles. The van der Waals surface area contributed by atoms with E-state index in [1.807, 2.05) is 0 Å². The Labute approximate surface area is 174 Å². The van der Waals surface area contributed by atoms with E-state index in [-0.39, 0.29) is 30.1 Å². The molecule has 1 saturated heterocycles. The number of nitrogens with one attached hydrogen (secondary N) is 1. The maximum Gasteiger partial charge on any atom is 0.244 e. The topological polar surface area (TPSA) is 77.1 Å². The van der Waals surface area contributed by atoms with Gasteiger partial charge in [-0.15, -0.1) is 0 Å². The molecule has 3 rings (SSSR count). The lowest BCUT2D eigenvalue weighted by Crippen LogP contribution is -2.36. The summed E-state index contributed by atoms with van der Waals surface area (Å²) in [7, 11) is 4.55. The van der Waals surface area contributed by atoms with Crippen LogP contribution in [0.3, 0.4) is 0 Å². The Balaban J connectivity index is 1.65. The van der Waals surface area contributed by atoms with Gasteiger partial charge in [-0.3, -0.25) is 9.59 Å². The van der Waals surface area contributed by atoms with Crippen LogP contribution < -0.4 is 24.4 Å². The Morgan fingerprint density at radius 3 is 2.30 bits per heavy atom. The van der Waals surface area contributed by atoms with Gasteiger partial charge in [-0.1, -0.05) is 0 Å². The Morgan fingerprint density at radius 1 is 1.10 bits per heavy atom. The lowest BCUT2D eigenvalue weighted by atomic mass is 10.1. The van der Waals surface area contributed by atoms with Crippen LogP contribution in [0.2, 0.25) is 0 Å². The van der Waals surface area contributed by atoms with Crippen molar-refractivity contribution in [3.63, 3.8) is 0 Å². The summed E-state index contributed by atoms with van der Waals surface area (Å²) in [6, 6.07) is 8.80. The van der Waals surface area contributed by atoms with Crippen molar-refractivity contribution >= 4 is 23.6 Å². The smallest absolute Gasteiger partial charge is 0.244 e. The van der Waals surface area contributed by atoms with E-state index >= 15 is 0 Å². The van der Waals surface area contributed by atoms with Gasteiger partial charge in [0, 0.05) is 24.7 Å². The standard InChI is InChI=1S/C22H23FN2O5/c1-28-18-10-14(11-19(29-2)22(18)30-3)4-9-20(26)24-16-12-21(27)25(13-16)17-7-5-15(23)6-8-17/h4-11,16H,12-13H2,1-3H3,(H,24,26)/b9-4+/t16-/m1/s1. The molecule has 0 bridgehead atoms. The average Bonchev–Trinajstić information content (AvgIpc) is 3.11. The van der Waals surface area contributed by atoms with E-state index in [4.69, 9.17) is 14.2 Å². The van der Waals surface area contributed by atoms with Crippen LogP contribution in [-0.2, 0) is 9.59 Å². The summed E-state index contributed by atoms with van der Waals surface area (Å²) in [5, 5.41) is 2.82. The van der Waals surface area contributed by atoms with Crippen molar-refractivity contribution in [2.24, 2.45) is 0 Å². The molecule has 0 spiro atoms. The molecule has 2 aromatic rings. The maximum atomic E-state index is 13.1. The second-order valence-electron chi connectivity index (χ2n) is 6.68. The first-order valence-electron chi connectivity index (χ1n) is 9.29. The van der Waals surface area contributed by atoms with Crippen molar-refractivity contribution in [3.05, 3.63) is 53.9 Å². The number of rotatable bonds is 7. The number of carbonyl (C=O) groups excluding carboxylic acids is 2. The summed E-state index contributed by atoms with van der Waals surface area (Å²) < 4.78 is 29.0. The number of anilines is 1.